The van der Waals surface area contributed by atoms with Gasteiger partial charge in [-0.25, -0.2) is 9.98 Å². The third kappa shape index (κ3) is 3.65. The van der Waals surface area contributed by atoms with Crippen LogP contribution >= 0.6 is 0 Å². The van der Waals surface area contributed by atoms with Crippen molar-refractivity contribution in [3.63, 3.8) is 0 Å². The molecule has 22 heavy (non-hydrogen) atoms. The van der Waals surface area contributed by atoms with Crippen molar-refractivity contribution in [2.75, 3.05) is 33.4 Å². The van der Waals surface area contributed by atoms with Gasteiger partial charge in [-0.05, 0) is 19.0 Å². The van der Waals surface area contributed by atoms with Gasteiger partial charge in [0.1, 0.15) is 19.3 Å². The Balaban J connectivity index is 1.53. The zero-order valence-corrected chi connectivity index (χ0v) is 13.2. The Labute approximate surface area is 131 Å². The van der Waals surface area contributed by atoms with Gasteiger partial charge in [0.2, 0.25) is 0 Å². The number of rotatable bonds is 6. The first-order chi connectivity index (χ1) is 10.7. The molecule has 0 fully saturated rings. The number of aliphatic imine (C=N–C) groups is 2. The van der Waals surface area contributed by atoms with E-state index in [1.165, 1.54) is 5.56 Å². The van der Waals surface area contributed by atoms with Crippen molar-refractivity contribution in [1.82, 2.24) is 4.90 Å². The van der Waals surface area contributed by atoms with Gasteiger partial charge in [0.15, 0.2) is 11.8 Å². The predicted molar refractivity (Wildman–Crippen MR) is 87.5 cm³/mol. The molecule has 2 aliphatic rings. The maximum Gasteiger partial charge on any atom is 0.198 e. The Bertz CT molecular complexity index is 556. The van der Waals surface area contributed by atoms with Crippen molar-refractivity contribution in [2.45, 2.75) is 25.4 Å². The molecular formula is C17H23N3O2. The van der Waals surface area contributed by atoms with E-state index in [9.17, 15) is 0 Å². The fourth-order valence-corrected chi connectivity index (χ4v) is 2.64. The summed E-state index contributed by atoms with van der Waals surface area (Å²) in [5.41, 5.74) is 1.20. The summed E-state index contributed by atoms with van der Waals surface area (Å²) < 4.78 is 11.3. The van der Waals surface area contributed by atoms with Crippen LogP contribution in [0.15, 0.2) is 40.3 Å². The molecule has 1 aromatic rings. The fourth-order valence-electron chi connectivity index (χ4n) is 2.64. The number of nitrogens with zero attached hydrogens (tertiary/aromatic N) is 3. The van der Waals surface area contributed by atoms with Gasteiger partial charge < -0.3 is 9.47 Å². The monoisotopic (exact) mass is 301 g/mol. The third-order valence-electron chi connectivity index (χ3n) is 3.94. The van der Waals surface area contributed by atoms with Crippen LogP contribution in [0.4, 0.5) is 0 Å². The molecule has 0 aliphatic carbocycles. The largest absolute Gasteiger partial charge is 0.478 e. The molecule has 1 aromatic carbocycles. The summed E-state index contributed by atoms with van der Waals surface area (Å²) in [5.74, 6) is 1.62. The Morgan fingerprint density at radius 3 is 2.41 bits per heavy atom. The standard InChI is InChI=1S/C17H23N3O2/c1-3-14-11-21-16(18-14)9-20(2)10-17-19-15(12-22-17)13-7-5-4-6-8-13/h4-8,14-15H,3,9-12H2,1-2H3/t14-,15+/m1/s1. The minimum absolute atomic E-state index is 0.120. The summed E-state index contributed by atoms with van der Waals surface area (Å²) >= 11 is 0. The summed E-state index contributed by atoms with van der Waals surface area (Å²) in [7, 11) is 2.03. The first kappa shape index (κ1) is 15.0. The normalized spacial score (nSPS) is 24.0. The first-order valence-electron chi connectivity index (χ1n) is 7.87. The Morgan fingerprint density at radius 1 is 1.05 bits per heavy atom. The second-order valence-electron chi connectivity index (χ2n) is 5.83. The average molecular weight is 301 g/mol. The van der Waals surface area contributed by atoms with Crippen LogP contribution in [0.2, 0.25) is 0 Å². The zero-order chi connectivity index (χ0) is 15.4. The molecule has 0 saturated carbocycles. The molecule has 2 heterocycles. The van der Waals surface area contributed by atoms with Crippen molar-refractivity contribution in [3.8, 4) is 0 Å². The van der Waals surface area contributed by atoms with Crippen LogP contribution in [0.3, 0.4) is 0 Å². The molecule has 118 valence electrons. The molecule has 2 aliphatic heterocycles. The summed E-state index contributed by atoms with van der Waals surface area (Å²) in [6, 6.07) is 10.7. The highest BCUT2D eigenvalue weighted by Crippen LogP contribution is 2.22. The van der Waals surface area contributed by atoms with Gasteiger partial charge >= 0.3 is 0 Å². The first-order valence-corrected chi connectivity index (χ1v) is 7.87. The van der Waals surface area contributed by atoms with E-state index in [0.29, 0.717) is 32.3 Å². The van der Waals surface area contributed by atoms with Crippen molar-refractivity contribution in [1.29, 1.82) is 0 Å². The van der Waals surface area contributed by atoms with E-state index in [1.54, 1.807) is 0 Å². The minimum Gasteiger partial charge on any atom is -0.478 e. The number of hydrogen-bond donors (Lipinski definition) is 0. The van der Waals surface area contributed by atoms with Gasteiger partial charge in [0.25, 0.3) is 0 Å². The summed E-state index contributed by atoms with van der Waals surface area (Å²) in [6.07, 6.45) is 1.03. The Kier molecular flexibility index (Phi) is 4.73. The molecule has 3 rings (SSSR count). The van der Waals surface area contributed by atoms with E-state index in [1.807, 2.05) is 25.2 Å². The molecule has 0 N–H and O–H groups in total. The maximum absolute atomic E-state index is 5.73. The van der Waals surface area contributed by atoms with E-state index in [4.69, 9.17) is 9.47 Å². The second-order valence-corrected chi connectivity index (χ2v) is 5.83. The van der Waals surface area contributed by atoms with E-state index in [0.717, 1.165) is 18.2 Å². The maximum atomic E-state index is 5.73. The summed E-state index contributed by atoms with van der Waals surface area (Å²) in [4.78, 5) is 11.4. The lowest BCUT2D eigenvalue weighted by Gasteiger charge is -2.15. The highest BCUT2D eigenvalue weighted by atomic mass is 16.5. The van der Waals surface area contributed by atoms with Crippen molar-refractivity contribution < 1.29 is 9.47 Å². The quantitative estimate of drug-likeness (QED) is 0.810. The Hall–Kier alpha value is -1.88. The SMILES string of the molecule is CC[C@@H]1COC(CN(C)CC2=N[C@H](c3ccccc3)CO2)=N1. The summed E-state index contributed by atoms with van der Waals surface area (Å²) in [6.45, 7) is 4.86. The fraction of sp³-hybridized carbons (Fsp3) is 0.529. The van der Waals surface area contributed by atoms with Gasteiger partial charge in [-0.3, -0.25) is 4.90 Å². The molecule has 0 saturated heterocycles. The average Bonchev–Trinajstić information content (AvgIpc) is 3.17. The molecule has 0 spiro atoms. The van der Waals surface area contributed by atoms with Crippen LogP contribution in [0, 0.1) is 0 Å². The van der Waals surface area contributed by atoms with Gasteiger partial charge in [-0.2, -0.15) is 0 Å². The van der Waals surface area contributed by atoms with Crippen molar-refractivity contribution in [3.05, 3.63) is 35.9 Å². The van der Waals surface area contributed by atoms with Crippen molar-refractivity contribution in [2.24, 2.45) is 9.98 Å². The van der Waals surface area contributed by atoms with Crippen LogP contribution in [-0.2, 0) is 9.47 Å². The molecule has 5 heteroatoms. The van der Waals surface area contributed by atoms with Gasteiger partial charge in [0, 0.05) is 0 Å². The number of hydrogen-bond acceptors (Lipinski definition) is 5. The van der Waals surface area contributed by atoms with Crippen molar-refractivity contribution >= 4 is 11.8 Å². The molecule has 0 aromatic heterocycles. The lowest BCUT2D eigenvalue weighted by atomic mass is 10.1. The minimum atomic E-state index is 0.120. The van der Waals surface area contributed by atoms with Crippen LogP contribution < -0.4 is 0 Å². The van der Waals surface area contributed by atoms with E-state index in [2.05, 4.69) is 33.9 Å². The summed E-state index contributed by atoms with van der Waals surface area (Å²) in [5, 5.41) is 0. The lowest BCUT2D eigenvalue weighted by molar-refractivity contribution is 0.277. The van der Waals surface area contributed by atoms with Crippen LogP contribution in [0.1, 0.15) is 24.9 Å². The molecule has 0 radical (unpaired) electrons. The zero-order valence-electron chi connectivity index (χ0n) is 13.2. The molecule has 0 amide bonds. The van der Waals surface area contributed by atoms with Crippen LogP contribution in [0.25, 0.3) is 0 Å². The number of benzene rings is 1. The Morgan fingerprint density at radius 2 is 1.73 bits per heavy atom. The highest BCUT2D eigenvalue weighted by Gasteiger charge is 2.23. The lowest BCUT2D eigenvalue weighted by Crippen LogP contribution is -2.31. The van der Waals surface area contributed by atoms with Gasteiger partial charge in [-0.15, -0.1) is 0 Å². The third-order valence-corrected chi connectivity index (χ3v) is 3.94. The molecule has 0 unspecified atom stereocenters. The van der Waals surface area contributed by atoms with Gasteiger partial charge in [0.05, 0.1) is 19.1 Å². The highest BCUT2D eigenvalue weighted by molar-refractivity contribution is 5.82. The molecule has 5 nitrogen and oxygen atoms in total. The van der Waals surface area contributed by atoms with Gasteiger partial charge in [-0.1, -0.05) is 37.3 Å². The predicted octanol–water partition coefficient (Wildman–Crippen LogP) is 2.30. The smallest absolute Gasteiger partial charge is 0.198 e. The molecule has 0 bridgehead atoms. The van der Waals surface area contributed by atoms with E-state index < -0.39 is 0 Å². The molecular weight excluding hydrogens is 278 g/mol. The molecule has 2 atom stereocenters. The van der Waals surface area contributed by atoms with E-state index in [-0.39, 0.29) is 6.04 Å². The number of ether oxygens (including phenoxy) is 2. The van der Waals surface area contributed by atoms with Crippen LogP contribution in [-0.4, -0.2) is 56.1 Å². The van der Waals surface area contributed by atoms with E-state index >= 15 is 0 Å². The number of likely N-dealkylation sites (N-methyl/N-ethyl adjacent to an activating group) is 1. The topological polar surface area (TPSA) is 46.4 Å². The van der Waals surface area contributed by atoms with Crippen LogP contribution in [0.5, 0.6) is 0 Å². The second kappa shape index (κ2) is 6.92.